The molecule has 112 valence electrons. The first-order chi connectivity index (χ1) is 10.1. The number of halogens is 1. The molecule has 0 saturated carbocycles. The molecule has 3 nitrogen and oxygen atoms in total. The van der Waals surface area contributed by atoms with Gasteiger partial charge in [-0.3, -0.25) is 4.79 Å². The first-order valence-electron chi connectivity index (χ1n) is 6.46. The molecule has 21 heavy (non-hydrogen) atoms. The molecule has 2 rings (SSSR count). The highest BCUT2D eigenvalue weighted by atomic mass is 35.5. The van der Waals surface area contributed by atoms with Crippen molar-refractivity contribution in [3.05, 3.63) is 40.4 Å². The molecule has 0 aliphatic rings. The Balaban J connectivity index is 1.92. The van der Waals surface area contributed by atoms with Gasteiger partial charge in [0.15, 0.2) is 0 Å². The number of esters is 1. The summed E-state index contributed by atoms with van der Waals surface area (Å²) in [6.07, 6.45) is 0. The van der Waals surface area contributed by atoms with Crippen molar-refractivity contribution in [2.24, 2.45) is 5.92 Å². The topological polar surface area (TPSA) is 39.2 Å². The minimum atomic E-state index is -0.169. The Kier molecular flexibility index (Phi) is 6.08. The molecule has 0 radical (unpaired) electrons. The minimum absolute atomic E-state index is 0.0957. The number of hydrogen-bond acceptors (Lipinski definition) is 5. The van der Waals surface area contributed by atoms with Crippen molar-refractivity contribution in [1.82, 2.24) is 4.98 Å². The van der Waals surface area contributed by atoms with Crippen LogP contribution in [-0.4, -0.2) is 23.8 Å². The van der Waals surface area contributed by atoms with Gasteiger partial charge in [0.05, 0.1) is 23.7 Å². The zero-order chi connectivity index (χ0) is 15.2. The molecule has 1 unspecified atom stereocenters. The normalized spacial score (nSPS) is 12.1. The highest BCUT2D eigenvalue weighted by molar-refractivity contribution is 7.98. The van der Waals surface area contributed by atoms with Crippen molar-refractivity contribution >= 4 is 40.7 Å². The van der Waals surface area contributed by atoms with E-state index in [-0.39, 0.29) is 11.9 Å². The third-order valence-electron chi connectivity index (χ3n) is 2.88. The molecule has 2 aromatic rings. The zero-order valence-electron chi connectivity index (χ0n) is 11.8. The molecule has 1 heterocycles. The Hall–Kier alpha value is -1.04. The summed E-state index contributed by atoms with van der Waals surface area (Å²) in [6, 6.07) is 7.70. The Morgan fingerprint density at radius 3 is 2.95 bits per heavy atom. The Labute approximate surface area is 137 Å². The largest absolute Gasteiger partial charge is 0.469 e. The van der Waals surface area contributed by atoms with Gasteiger partial charge in [0.2, 0.25) is 0 Å². The summed E-state index contributed by atoms with van der Waals surface area (Å²) < 4.78 is 4.71. The second-order valence-corrected chi connectivity index (χ2v) is 6.86. The molecule has 1 atom stereocenters. The van der Waals surface area contributed by atoms with Gasteiger partial charge in [-0.2, -0.15) is 11.8 Å². The van der Waals surface area contributed by atoms with Crippen molar-refractivity contribution in [3.63, 3.8) is 0 Å². The molecule has 1 aromatic carbocycles. The van der Waals surface area contributed by atoms with Crippen LogP contribution in [0.5, 0.6) is 0 Å². The van der Waals surface area contributed by atoms with Gasteiger partial charge in [0.25, 0.3) is 0 Å². The molecule has 0 aliphatic carbocycles. The molecular weight excluding hydrogens is 326 g/mol. The van der Waals surface area contributed by atoms with E-state index in [1.807, 2.05) is 36.6 Å². The van der Waals surface area contributed by atoms with Crippen molar-refractivity contribution < 1.29 is 9.53 Å². The SMILES string of the molecule is COC(=O)C(C)CSCc1csc(-c2ccccc2Cl)n1. The van der Waals surface area contributed by atoms with E-state index in [2.05, 4.69) is 4.98 Å². The maximum absolute atomic E-state index is 11.3. The first-order valence-corrected chi connectivity index (χ1v) is 8.88. The summed E-state index contributed by atoms with van der Waals surface area (Å²) in [5, 5.41) is 3.68. The lowest BCUT2D eigenvalue weighted by Gasteiger charge is -2.07. The highest BCUT2D eigenvalue weighted by Gasteiger charge is 2.13. The number of methoxy groups -OCH3 is 1. The summed E-state index contributed by atoms with van der Waals surface area (Å²) in [5.41, 5.74) is 1.97. The van der Waals surface area contributed by atoms with E-state index in [1.54, 1.807) is 23.1 Å². The van der Waals surface area contributed by atoms with E-state index in [0.29, 0.717) is 5.02 Å². The van der Waals surface area contributed by atoms with Crippen LogP contribution in [0.15, 0.2) is 29.6 Å². The predicted molar refractivity (Wildman–Crippen MR) is 89.9 cm³/mol. The van der Waals surface area contributed by atoms with Gasteiger partial charge in [-0.1, -0.05) is 36.7 Å². The standard InChI is InChI=1S/C15H16ClNO2S2/c1-10(15(18)19-2)7-20-8-11-9-21-14(17-11)12-5-3-4-6-13(12)16/h3-6,9-10H,7-8H2,1-2H3. The maximum Gasteiger partial charge on any atom is 0.309 e. The van der Waals surface area contributed by atoms with Crippen LogP contribution < -0.4 is 0 Å². The predicted octanol–water partition coefficient (Wildman–Crippen LogP) is 4.51. The number of thiazole rings is 1. The van der Waals surface area contributed by atoms with Gasteiger partial charge in [-0.25, -0.2) is 4.98 Å². The van der Waals surface area contributed by atoms with Gasteiger partial charge in [0.1, 0.15) is 5.01 Å². The monoisotopic (exact) mass is 341 g/mol. The fourth-order valence-corrected chi connectivity index (χ4v) is 3.95. The smallest absolute Gasteiger partial charge is 0.309 e. The molecule has 1 aromatic heterocycles. The van der Waals surface area contributed by atoms with Gasteiger partial charge in [0, 0.05) is 22.4 Å². The molecule has 0 saturated heterocycles. The van der Waals surface area contributed by atoms with E-state index in [9.17, 15) is 4.79 Å². The molecule has 0 spiro atoms. The number of ether oxygens (including phenoxy) is 1. The second-order valence-electron chi connectivity index (χ2n) is 4.56. The summed E-state index contributed by atoms with van der Waals surface area (Å²) in [7, 11) is 1.42. The van der Waals surface area contributed by atoms with Crippen LogP contribution in [0.4, 0.5) is 0 Å². The van der Waals surface area contributed by atoms with Crippen LogP contribution in [0.25, 0.3) is 10.6 Å². The number of carbonyl (C=O) groups is 1. The average Bonchev–Trinajstić information content (AvgIpc) is 2.95. The molecular formula is C15H16ClNO2S2. The van der Waals surface area contributed by atoms with E-state index >= 15 is 0 Å². The van der Waals surface area contributed by atoms with Crippen LogP contribution >= 0.6 is 34.7 Å². The van der Waals surface area contributed by atoms with Crippen molar-refractivity contribution in [1.29, 1.82) is 0 Å². The Morgan fingerprint density at radius 1 is 1.48 bits per heavy atom. The zero-order valence-corrected chi connectivity index (χ0v) is 14.2. The average molecular weight is 342 g/mol. The lowest BCUT2D eigenvalue weighted by Crippen LogP contribution is -2.14. The number of nitrogens with zero attached hydrogens (tertiary/aromatic N) is 1. The third-order valence-corrected chi connectivity index (χ3v) is 5.37. The third kappa shape index (κ3) is 4.46. The second kappa shape index (κ2) is 7.82. The lowest BCUT2D eigenvalue weighted by molar-refractivity contribution is -0.143. The molecule has 0 bridgehead atoms. The number of benzene rings is 1. The van der Waals surface area contributed by atoms with Crippen LogP contribution in [0.1, 0.15) is 12.6 Å². The van der Waals surface area contributed by atoms with E-state index in [0.717, 1.165) is 27.8 Å². The lowest BCUT2D eigenvalue weighted by atomic mass is 10.2. The van der Waals surface area contributed by atoms with Crippen LogP contribution in [0, 0.1) is 5.92 Å². The number of thioether (sulfide) groups is 1. The molecule has 6 heteroatoms. The summed E-state index contributed by atoms with van der Waals surface area (Å²) in [6.45, 7) is 1.87. The van der Waals surface area contributed by atoms with Gasteiger partial charge in [-0.15, -0.1) is 11.3 Å². The molecule has 0 amide bonds. The van der Waals surface area contributed by atoms with Crippen molar-refractivity contribution in [2.45, 2.75) is 12.7 Å². The number of carbonyl (C=O) groups excluding carboxylic acids is 1. The van der Waals surface area contributed by atoms with Crippen LogP contribution in [0.3, 0.4) is 0 Å². The van der Waals surface area contributed by atoms with E-state index in [4.69, 9.17) is 16.3 Å². The fraction of sp³-hybridized carbons (Fsp3) is 0.333. The highest BCUT2D eigenvalue weighted by Crippen LogP contribution is 2.31. The Bertz CT molecular complexity index is 615. The number of aromatic nitrogens is 1. The van der Waals surface area contributed by atoms with Crippen LogP contribution in [0.2, 0.25) is 5.02 Å². The molecule has 0 N–H and O–H groups in total. The van der Waals surface area contributed by atoms with Gasteiger partial charge in [-0.05, 0) is 6.07 Å². The quantitative estimate of drug-likeness (QED) is 0.725. The maximum atomic E-state index is 11.3. The van der Waals surface area contributed by atoms with Crippen molar-refractivity contribution in [2.75, 3.05) is 12.9 Å². The molecule has 0 aliphatic heterocycles. The van der Waals surface area contributed by atoms with Crippen LogP contribution in [-0.2, 0) is 15.3 Å². The van der Waals surface area contributed by atoms with Gasteiger partial charge >= 0.3 is 5.97 Å². The van der Waals surface area contributed by atoms with E-state index < -0.39 is 0 Å². The Morgan fingerprint density at radius 2 is 2.24 bits per heavy atom. The van der Waals surface area contributed by atoms with E-state index in [1.165, 1.54) is 7.11 Å². The fourth-order valence-electron chi connectivity index (χ4n) is 1.74. The summed E-state index contributed by atoms with van der Waals surface area (Å²) in [5.74, 6) is 1.24. The summed E-state index contributed by atoms with van der Waals surface area (Å²) in [4.78, 5) is 15.9. The number of hydrogen-bond donors (Lipinski definition) is 0. The van der Waals surface area contributed by atoms with Crippen molar-refractivity contribution in [3.8, 4) is 10.6 Å². The first kappa shape index (κ1) is 16.3. The number of rotatable bonds is 6. The minimum Gasteiger partial charge on any atom is -0.469 e. The van der Waals surface area contributed by atoms with Gasteiger partial charge < -0.3 is 4.74 Å². The molecule has 0 fully saturated rings. The summed E-state index contributed by atoms with van der Waals surface area (Å²) >= 11 is 9.44.